The van der Waals surface area contributed by atoms with Crippen molar-refractivity contribution in [1.82, 2.24) is 5.32 Å². The van der Waals surface area contributed by atoms with Gasteiger partial charge in [0.1, 0.15) is 0 Å². The van der Waals surface area contributed by atoms with Crippen LogP contribution in [-0.4, -0.2) is 17.1 Å². The summed E-state index contributed by atoms with van der Waals surface area (Å²) in [4.78, 5) is 12.3. The van der Waals surface area contributed by atoms with Crippen molar-refractivity contribution in [2.45, 2.75) is 25.0 Å². The average molecular weight is 317 g/mol. The molecule has 3 rings (SSSR count). The molecule has 0 radical (unpaired) electrons. The normalized spacial score (nSPS) is 21.3. The predicted octanol–water partition coefficient (Wildman–Crippen LogP) is 3.21. The standard InChI is InChI=1S/C18H17F2NO2/c19-15-8-4-7-14(16(15)20)18(23)21-17(12-9-13(22)10-12)11-5-2-1-3-6-11/h1-8,12-13,17,22H,9-10H2,(H,21,23). The maximum Gasteiger partial charge on any atom is 0.254 e. The molecule has 2 aromatic rings. The molecule has 23 heavy (non-hydrogen) atoms. The quantitative estimate of drug-likeness (QED) is 0.910. The molecule has 2 aromatic carbocycles. The molecule has 0 aliphatic heterocycles. The molecule has 1 saturated carbocycles. The topological polar surface area (TPSA) is 49.3 Å². The summed E-state index contributed by atoms with van der Waals surface area (Å²) in [7, 11) is 0. The Hall–Kier alpha value is -2.27. The Bertz CT molecular complexity index is 699. The van der Waals surface area contributed by atoms with E-state index in [0.717, 1.165) is 11.6 Å². The van der Waals surface area contributed by atoms with Crippen molar-refractivity contribution in [2.24, 2.45) is 5.92 Å². The number of halogens is 2. The summed E-state index contributed by atoms with van der Waals surface area (Å²) in [5, 5.41) is 12.3. The van der Waals surface area contributed by atoms with Gasteiger partial charge in [0.2, 0.25) is 0 Å². The summed E-state index contributed by atoms with van der Waals surface area (Å²) in [5.74, 6) is -2.77. The largest absolute Gasteiger partial charge is 0.393 e. The Balaban J connectivity index is 1.84. The van der Waals surface area contributed by atoms with Gasteiger partial charge in [-0.05, 0) is 36.5 Å². The molecule has 1 aliphatic carbocycles. The summed E-state index contributed by atoms with van der Waals surface area (Å²) in [6.07, 6.45) is 0.783. The Morgan fingerprint density at radius 1 is 1.09 bits per heavy atom. The number of hydrogen-bond donors (Lipinski definition) is 2. The third kappa shape index (κ3) is 3.24. The van der Waals surface area contributed by atoms with E-state index in [2.05, 4.69) is 5.32 Å². The SMILES string of the molecule is O=C(NC(c1ccccc1)C1CC(O)C1)c1cccc(F)c1F. The number of aliphatic hydroxyl groups is 1. The Kier molecular flexibility index (Phi) is 4.39. The predicted molar refractivity (Wildman–Crippen MR) is 81.7 cm³/mol. The molecule has 2 N–H and O–H groups in total. The minimum absolute atomic E-state index is 0.0768. The van der Waals surface area contributed by atoms with E-state index in [-0.39, 0.29) is 23.6 Å². The van der Waals surface area contributed by atoms with Gasteiger partial charge in [0.15, 0.2) is 11.6 Å². The van der Waals surface area contributed by atoms with Gasteiger partial charge >= 0.3 is 0 Å². The molecular formula is C18H17F2NO2. The van der Waals surface area contributed by atoms with E-state index < -0.39 is 17.5 Å². The first-order valence-corrected chi connectivity index (χ1v) is 7.54. The van der Waals surface area contributed by atoms with Crippen molar-refractivity contribution in [3.8, 4) is 0 Å². The highest BCUT2D eigenvalue weighted by molar-refractivity contribution is 5.94. The van der Waals surface area contributed by atoms with Crippen LogP contribution < -0.4 is 5.32 Å². The molecule has 0 heterocycles. The molecule has 3 nitrogen and oxygen atoms in total. The maximum absolute atomic E-state index is 13.8. The lowest BCUT2D eigenvalue weighted by atomic mass is 9.75. The summed E-state index contributed by atoms with van der Waals surface area (Å²) in [6, 6.07) is 12.5. The summed E-state index contributed by atoms with van der Waals surface area (Å²) in [5.41, 5.74) is 0.570. The summed E-state index contributed by atoms with van der Waals surface area (Å²) in [6.45, 7) is 0. The van der Waals surface area contributed by atoms with Gasteiger partial charge in [-0.15, -0.1) is 0 Å². The van der Waals surface area contributed by atoms with E-state index in [9.17, 15) is 18.7 Å². The van der Waals surface area contributed by atoms with Crippen LogP contribution in [0, 0.1) is 17.6 Å². The minimum atomic E-state index is -1.15. The van der Waals surface area contributed by atoms with Crippen LogP contribution in [0.1, 0.15) is 34.8 Å². The molecule has 1 fully saturated rings. The van der Waals surface area contributed by atoms with Crippen LogP contribution in [0.4, 0.5) is 8.78 Å². The van der Waals surface area contributed by atoms with Gasteiger partial charge in [0.05, 0.1) is 17.7 Å². The first kappa shape index (κ1) is 15.6. The molecule has 120 valence electrons. The van der Waals surface area contributed by atoms with Crippen molar-refractivity contribution < 1.29 is 18.7 Å². The fraction of sp³-hybridized carbons (Fsp3) is 0.278. The van der Waals surface area contributed by atoms with Gasteiger partial charge in [-0.2, -0.15) is 0 Å². The Labute approximate surface area is 133 Å². The van der Waals surface area contributed by atoms with Crippen LogP contribution >= 0.6 is 0 Å². The number of rotatable bonds is 4. The third-order valence-corrected chi connectivity index (χ3v) is 4.26. The average Bonchev–Trinajstić information content (AvgIpc) is 2.53. The zero-order valence-corrected chi connectivity index (χ0v) is 12.4. The fourth-order valence-corrected chi connectivity index (χ4v) is 2.93. The molecule has 1 aliphatic rings. The number of amides is 1. The van der Waals surface area contributed by atoms with E-state index in [4.69, 9.17) is 0 Å². The van der Waals surface area contributed by atoms with E-state index in [1.54, 1.807) is 0 Å². The zero-order valence-electron chi connectivity index (χ0n) is 12.4. The van der Waals surface area contributed by atoms with Crippen LogP contribution in [0.25, 0.3) is 0 Å². The third-order valence-electron chi connectivity index (χ3n) is 4.26. The summed E-state index contributed by atoms with van der Waals surface area (Å²) < 4.78 is 27.1. The Morgan fingerprint density at radius 3 is 2.43 bits per heavy atom. The maximum atomic E-state index is 13.8. The van der Waals surface area contributed by atoms with Gasteiger partial charge in [-0.1, -0.05) is 36.4 Å². The second-order valence-corrected chi connectivity index (χ2v) is 5.85. The van der Waals surface area contributed by atoms with Gasteiger partial charge < -0.3 is 10.4 Å². The second-order valence-electron chi connectivity index (χ2n) is 5.85. The molecule has 1 amide bonds. The lowest BCUT2D eigenvalue weighted by molar-refractivity contribution is 0.0234. The van der Waals surface area contributed by atoms with Crippen molar-refractivity contribution in [1.29, 1.82) is 0 Å². The van der Waals surface area contributed by atoms with Crippen LogP contribution in [-0.2, 0) is 0 Å². The van der Waals surface area contributed by atoms with E-state index >= 15 is 0 Å². The van der Waals surface area contributed by atoms with Gasteiger partial charge in [0.25, 0.3) is 5.91 Å². The molecule has 5 heteroatoms. The Morgan fingerprint density at radius 2 is 1.78 bits per heavy atom. The second kappa shape index (κ2) is 6.46. The first-order chi connectivity index (χ1) is 11.1. The van der Waals surface area contributed by atoms with Crippen molar-refractivity contribution in [2.75, 3.05) is 0 Å². The van der Waals surface area contributed by atoms with Crippen LogP contribution in [0.2, 0.25) is 0 Å². The lowest BCUT2D eigenvalue weighted by Crippen LogP contribution is -2.41. The molecule has 0 aromatic heterocycles. The zero-order chi connectivity index (χ0) is 16.4. The van der Waals surface area contributed by atoms with E-state index in [1.807, 2.05) is 30.3 Å². The van der Waals surface area contributed by atoms with Gasteiger partial charge in [-0.3, -0.25) is 4.79 Å². The van der Waals surface area contributed by atoms with Crippen LogP contribution in [0.3, 0.4) is 0 Å². The fourth-order valence-electron chi connectivity index (χ4n) is 2.93. The molecule has 0 bridgehead atoms. The summed E-state index contributed by atoms with van der Waals surface area (Å²) >= 11 is 0. The van der Waals surface area contributed by atoms with Crippen molar-refractivity contribution >= 4 is 5.91 Å². The number of carbonyl (C=O) groups excluding carboxylic acids is 1. The molecular weight excluding hydrogens is 300 g/mol. The highest BCUT2D eigenvalue weighted by atomic mass is 19.2. The molecule has 1 unspecified atom stereocenters. The van der Waals surface area contributed by atoms with Crippen LogP contribution in [0.5, 0.6) is 0 Å². The number of nitrogens with one attached hydrogen (secondary N) is 1. The monoisotopic (exact) mass is 317 g/mol. The van der Waals surface area contributed by atoms with Crippen molar-refractivity contribution in [3.63, 3.8) is 0 Å². The lowest BCUT2D eigenvalue weighted by Gasteiger charge is -2.38. The van der Waals surface area contributed by atoms with E-state index in [0.29, 0.717) is 12.8 Å². The molecule has 0 saturated heterocycles. The first-order valence-electron chi connectivity index (χ1n) is 7.54. The van der Waals surface area contributed by atoms with Gasteiger partial charge in [0, 0.05) is 0 Å². The number of benzene rings is 2. The molecule has 1 atom stereocenters. The number of carbonyl (C=O) groups is 1. The number of hydrogen-bond acceptors (Lipinski definition) is 2. The number of aliphatic hydroxyl groups excluding tert-OH is 1. The van der Waals surface area contributed by atoms with Gasteiger partial charge in [-0.25, -0.2) is 8.78 Å². The van der Waals surface area contributed by atoms with E-state index in [1.165, 1.54) is 12.1 Å². The molecule has 0 spiro atoms. The minimum Gasteiger partial charge on any atom is -0.393 e. The highest BCUT2D eigenvalue weighted by Crippen LogP contribution is 2.38. The highest BCUT2D eigenvalue weighted by Gasteiger charge is 2.36. The smallest absolute Gasteiger partial charge is 0.254 e. The van der Waals surface area contributed by atoms with Crippen molar-refractivity contribution in [3.05, 3.63) is 71.3 Å². The van der Waals surface area contributed by atoms with Crippen LogP contribution in [0.15, 0.2) is 48.5 Å².